The molecule has 0 bridgehead atoms. The second-order valence-electron chi connectivity index (χ2n) is 8.11. The van der Waals surface area contributed by atoms with Gasteiger partial charge < -0.3 is 19.5 Å². The maximum absolute atomic E-state index is 13.4. The van der Waals surface area contributed by atoms with Crippen LogP contribution in [0.1, 0.15) is 18.4 Å². The zero-order valence-corrected chi connectivity index (χ0v) is 17.6. The van der Waals surface area contributed by atoms with Gasteiger partial charge in [0.2, 0.25) is 5.91 Å². The average molecular weight is 412 g/mol. The van der Waals surface area contributed by atoms with Crippen molar-refractivity contribution >= 4 is 17.6 Å². The zero-order chi connectivity index (χ0) is 21.5. The molecule has 1 spiro atoms. The maximum Gasteiger partial charge on any atom is 0.337 e. The molecule has 0 saturated carbocycles. The van der Waals surface area contributed by atoms with Gasteiger partial charge >= 0.3 is 5.97 Å². The predicted octanol–water partition coefficient (Wildman–Crippen LogP) is 2.48. The average Bonchev–Trinajstić information content (AvgIpc) is 3.28. The molecule has 0 radical (unpaired) electrons. The molecular formula is C23H28N2O5. The molecule has 0 unspecified atom stereocenters. The van der Waals surface area contributed by atoms with Crippen LogP contribution in [0.2, 0.25) is 0 Å². The van der Waals surface area contributed by atoms with E-state index in [1.807, 2.05) is 24.3 Å². The Hall–Kier alpha value is -2.80. The second kappa shape index (κ2) is 7.80. The monoisotopic (exact) mass is 412 g/mol. The summed E-state index contributed by atoms with van der Waals surface area (Å²) in [5, 5.41) is 3.07. The SMILES string of the molecule is C=C[C@H]1CN2CC[C@]3(C(=O)Nc4cccc(OC)c43)[C@@H]2C[C@@H]1/C(=C/OC)C(=O)OC. The van der Waals surface area contributed by atoms with E-state index in [1.165, 1.54) is 20.5 Å². The Balaban J connectivity index is 1.79. The van der Waals surface area contributed by atoms with Crippen LogP contribution in [-0.4, -0.2) is 57.2 Å². The number of carbonyl (C=O) groups excluding carboxylic acids is 2. The van der Waals surface area contributed by atoms with Gasteiger partial charge in [-0.3, -0.25) is 9.69 Å². The van der Waals surface area contributed by atoms with Crippen LogP contribution in [0.4, 0.5) is 5.69 Å². The lowest BCUT2D eigenvalue weighted by atomic mass is 9.67. The van der Waals surface area contributed by atoms with E-state index in [0.29, 0.717) is 18.4 Å². The number of methoxy groups -OCH3 is 3. The number of amides is 1. The Kier molecular flexibility index (Phi) is 5.32. The summed E-state index contributed by atoms with van der Waals surface area (Å²) in [6.45, 7) is 5.52. The number of carbonyl (C=O) groups is 2. The summed E-state index contributed by atoms with van der Waals surface area (Å²) in [6, 6.07) is 5.64. The van der Waals surface area contributed by atoms with Gasteiger partial charge in [-0.05, 0) is 37.4 Å². The van der Waals surface area contributed by atoms with E-state index >= 15 is 0 Å². The van der Waals surface area contributed by atoms with Crippen LogP contribution in [0.25, 0.3) is 0 Å². The largest absolute Gasteiger partial charge is 0.504 e. The molecule has 0 aliphatic carbocycles. The fraction of sp³-hybridized carbons (Fsp3) is 0.478. The van der Waals surface area contributed by atoms with Crippen LogP contribution in [-0.2, 0) is 24.5 Å². The molecule has 1 amide bonds. The Morgan fingerprint density at radius 3 is 2.80 bits per heavy atom. The van der Waals surface area contributed by atoms with E-state index in [1.54, 1.807) is 7.11 Å². The molecule has 7 nitrogen and oxygen atoms in total. The van der Waals surface area contributed by atoms with Crippen LogP contribution >= 0.6 is 0 Å². The number of hydrogen-bond acceptors (Lipinski definition) is 6. The normalized spacial score (nSPS) is 30.4. The van der Waals surface area contributed by atoms with Gasteiger partial charge in [-0.1, -0.05) is 12.1 Å². The second-order valence-corrected chi connectivity index (χ2v) is 8.11. The highest BCUT2D eigenvalue weighted by molar-refractivity contribution is 6.08. The van der Waals surface area contributed by atoms with Crippen LogP contribution in [0.3, 0.4) is 0 Å². The number of rotatable bonds is 5. The third-order valence-electron chi connectivity index (χ3n) is 6.96. The van der Waals surface area contributed by atoms with E-state index in [4.69, 9.17) is 14.2 Å². The van der Waals surface area contributed by atoms with Crippen LogP contribution in [0.15, 0.2) is 42.7 Å². The summed E-state index contributed by atoms with van der Waals surface area (Å²) in [5.41, 5.74) is 1.51. The molecule has 30 heavy (non-hydrogen) atoms. The first-order chi connectivity index (χ1) is 14.5. The number of nitrogens with zero attached hydrogens (tertiary/aromatic N) is 1. The molecule has 2 fully saturated rings. The number of nitrogens with one attached hydrogen (secondary N) is 1. The molecule has 4 atom stereocenters. The quantitative estimate of drug-likeness (QED) is 0.347. The van der Waals surface area contributed by atoms with E-state index in [-0.39, 0.29) is 23.8 Å². The van der Waals surface area contributed by atoms with Crippen molar-refractivity contribution in [3.63, 3.8) is 0 Å². The first kappa shape index (κ1) is 20.5. The lowest BCUT2D eigenvalue weighted by Gasteiger charge is -2.44. The molecular weight excluding hydrogens is 384 g/mol. The third kappa shape index (κ3) is 2.83. The third-order valence-corrected chi connectivity index (χ3v) is 6.96. The van der Waals surface area contributed by atoms with E-state index in [9.17, 15) is 9.59 Å². The highest BCUT2D eigenvalue weighted by atomic mass is 16.5. The molecule has 3 aliphatic rings. The molecule has 160 valence electrons. The van der Waals surface area contributed by atoms with Gasteiger partial charge in [0.05, 0.1) is 38.6 Å². The van der Waals surface area contributed by atoms with Crippen molar-refractivity contribution in [2.45, 2.75) is 24.3 Å². The molecule has 1 aromatic carbocycles. The summed E-state index contributed by atoms with van der Waals surface area (Å²) in [7, 11) is 4.52. The molecule has 3 heterocycles. The smallest absolute Gasteiger partial charge is 0.337 e. The number of fused-ring (bicyclic) bond motifs is 4. The Morgan fingerprint density at radius 2 is 2.13 bits per heavy atom. The number of piperidine rings is 1. The zero-order valence-electron chi connectivity index (χ0n) is 17.6. The summed E-state index contributed by atoms with van der Waals surface area (Å²) < 4.78 is 15.9. The number of benzene rings is 1. The minimum absolute atomic E-state index is 0.000595. The van der Waals surface area contributed by atoms with Crippen molar-refractivity contribution in [1.29, 1.82) is 0 Å². The molecule has 2 saturated heterocycles. The van der Waals surface area contributed by atoms with Crippen LogP contribution in [0, 0.1) is 11.8 Å². The van der Waals surface area contributed by atoms with Crippen molar-refractivity contribution in [2.75, 3.05) is 39.7 Å². The van der Waals surface area contributed by atoms with Crippen molar-refractivity contribution < 1.29 is 23.8 Å². The summed E-state index contributed by atoms with van der Waals surface area (Å²) >= 11 is 0. The van der Waals surface area contributed by atoms with Crippen molar-refractivity contribution in [3.05, 3.63) is 48.3 Å². The molecule has 1 aromatic rings. The van der Waals surface area contributed by atoms with E-state index in [0.717, 1.165) is 30.1 Å². The van der Waals surface area contributed by atoms with Crippen LogP contribution in [0.5, 0.6) is 5.75 Å². The van der Waals surface area contributed by atoms with E-state index in [2.05, 4.69) is 16.8 Å². The summed E-state index contributed by atoms with van der Waals surface area (Å²) in [4.78, 5) is 28.2. The van der Waals surface area contributed by atoms with Gasteiger partial charge in [-0.2, -0.15) is 0 Å². The first-order valence-corrected chi connectivity index (χ1v) is 10.2. The van der Waals surface area contributed by atoms with Gasteiger partial charge in [0.1, 0.15) is 5.75 Å². The van der Waals surface area contributed by atoms with Gasteiger partial charge in [0, 0.05) is 29.8 Å². The topological polar surface area (TPSA) is 77.1 Å². The van der Waals surface area contributed by atoms with Gasteiger partial charge in [-0.25, -0.2) is 4.79 Å². The van der Waals surface area contributed by atoms with Crippen molar-refractivity contribution in [3.8, 4) is 5.75 Å². The molecule has 3 aliphatic heterocycles. The van der Waals surface area contributed by atoms with Gasteiger partial charge in [0.25, 0.3) is 0 Å². The number of anilines is 1. The predicted molar refractivity (Wildman–Crippen MR) is 112 cm³/mol. The van der Waals surface area contributed by atoms with Crippen molar-refractivity contribution in [2.24, 2.45) is 11.8 Å². The Morgan fingerprint density at radius 1 is 1.33 bits per heavy atom. The standard InChI is InChI=1S/C23H28N2O5/c1-5-14-12-25-10-9-23(19(25)11-15(14)16(13-28-2)21(26)30-4)20-17(24-22(23)27)7-6-8-18(20)29-3/h5-8,13-15,19H,1,9-12H2,2-4H3,(H,24,27)/b16-13-/t14-,15-,19-,23-/m0/s1. The number of hydrogen-bond donors (Lipinski definition) is 1. The fourth-order valence-corrected chi connectivity index (χ4v) is 5.63. The minimum Gasteiger partial charge on any atom is -0.504 e. The highest BCUT2D eigenvalue weighted by Crippen LogP contribution is 2.55. The van der Waals surface area contributed by atoms with Gasteiger partial charge in [0.15, 0.2) is 0 Å². The van der Waals surface area contributed by atoms with Gasteiger partial charge in [-0.15, -0.1) is 6.58 Å². The lowest BCUT2D eigenvalue weighted by molar-refractivity contribution is -0.137. The lowest BCUT2D eigenvalue weighted by Crippen LogP contribution is -2.53. The minimum atomic E-state index is -0.708. The molecule has 0 aromatic heterocycles. The highest BCUT2D eigenvalue weighted by Gasteiger charge is 2.61. The molecule has 4 rings (SSSR count). The number of ether oxygens (including phenoxy) is 3. The summed E-state index contributed by atoms with van der Waals surface area (Å²) in [6.07, 6.45) is 4.68. The first-order valence-electron chi connectivity index (χ1n) is 10.2. The fourth-order valence-electron chi connectivity index (χ4n) is 5.63. The Labute approximate surface area is 176 Å². The molecule has 1 N–H and O–H groups in total. The van der Waals surface area contributed by atoms with Crippen LogP contribution < -0.4 is 10.1 Å². The Bertz CT molecular complexity index is 911. The number of esters is 1. The van der Waals surface area contributed by atoms with Crippen molar-refractivity contribution in [1.82, 2.24) is 4.90 Å². The molecule has 7 heteroatoms. The summed E-state index contributed by atoms with van der Waals surface area (Å²) in [5.74, 6) is 0.204. The maximum atomic E-state index is 13.4. The van der Waals surface area contributed by atoms with E-state index < -0.39 is 11.4 Å².